The van der Waals surface area contributed by atoms with Crippen molar-refractivity contribution in [2.24, 2.45) is 0 Å². The molecule has 1 heterocycles. The molecule has 0 aliphatic heterocycles. The highest BCUT2D eigenvalue weighted by Gasteiger charge is 2.29. The highest BCUT2D eigenvalue weighted by atomic mass is 19.4. The van der Waals surface area contributed by atoms with Gasteiger partial charge < -0.3 is 4.74 Å². The Balaban J connectivity index is 1.35. The SMILES string of the molecule is O=C(NO)c1ccc2ncn(-c3ccc(OCCCc4ccc(C(F)(F)F)cc4)cc3)c2c1. The fourth-order valence-electron chi connectivity index (χ4n) is 3.45. The van der Waals surface area contributed by atoms with E-state index in [4.69, 9.17) is 9.94 Å². The van der Waals surface area contributed by atoms with E-state index in [9.17, 15) is 18.0 Å². The number of ether oxygens (including phenoxy) is 1. The number of nitrogens with one attached hydrogen (secondary N) is 1. The van der Waals surface area contributed by atoms with E-state index in [0.717, 1.165) is 23.4 Å². The highest BCUT2D eigenvalue weighted by Crippen LogP contribution is 2.29. The Hall–Kier alpha value is -3.85. The van der Waals surface area contributed by atoms with Crippen LogP contribution in [0.3, 0.4) is 0 Å². The Labute approximate surface area is 187 Å². The van der Waals surface area contributed by atoms with Crippen LogP contribution in [0, 0.1) is 0 Å². The number of aromatic nitrogens is 2. The molecule has 9 heteroatoms. The molecule has 3 aromatic carbocycles. The van der Waals surface area contributed by atoms with Gasteiger partial charge in [-0.25, -0.2) is 10.5 Å². The number of aryl methyl sites for hydroxylation is 1. The largest absolute Gasteiger partial charge is 0.494 e. The summed E-state index contributed by atoms with van der Waals surface area (Å²) in [6, 6.07) is 17.4. The number of halogens is 3. The summed E-state index contributed by atoms with van der Waals surface area (Å²) in [6.45, 7) is 0.425. The lowest BCUT2D eigenvalue weighted by Crippen LogP contribution is -2.18. The van der Waals surface area contributed by atoms with Crippen molar-refractivity contribution < 1.29 is 27.9 Å². The molecule has 0 aliphatic carbocycles. The second kappa shape index (κ2) is 9.33. The van der Waals surface area contributed by atoms with Crippen LogP contribution in [-0.2, 0) is 12.6 Å². The molecule has 4 aromatic rings. The van der Waals surface area contributed by atoms with E-state index in [1.165, 1.54) is 12.1 Å². The van der Waals surface area contributed by atoms with Gasteiger partial charge in [-0.2, -0.15) is 13.2 Å². The molecule has 0 saturated heterocycles. The van der Waals surface area contributed by atoms with Gasteiger partial charge >= 0.3 is 6.18 Å². The molecule has 4 rings (SSSR count). The van der Waals surface area contributed by atoms with E-state index >= 15 is 0 Å². The molecule has 0 unspecified atom stereocenters. The lowest BCUT2D eigenvalue weighted by atomic mass is 10.1. The van der Waals surface area contributed by atoms with Crippen LogP contribution in [0.2, 0.25) is 0 Å². The normalized spacial score (nSPS) is 11.5. The molecular weight excluding hydrogens is 435 g/mol. The number of benzene rings is 3. The van der Waals surface area contributed by atoms with Gasteiger partial charge in [-0.05, 0) is 73.0 Å². The Bertz CT molecular complexity index is 1250. The summed E-state index contributed by atoms with van der Waals surface area (Å²) in [5.74, 6) is 0.0561. The lowest BCUT2D eigenvalue weighted by Gasteiger charge is -2.10. The summed E-state index contributed by atoms with van der Waals surface area (Å²) >= 11 is 0. The predicted molar refractivity (Wildman–Crippen MR) is 116 cm³/mol. The summed E-state index contributed by atoms with van der Waals surface area (Å²) in [4.78, 5) is 16.0. The second-order valence-electron chi connectivity index (χ2n) is 7.40. The molecule has 2 N–H and O–H groups in total. The number of hydrogen-bond acceptors (Lipinski definition) is 4. The summed E-state index contributed by atoms with van der Waals surface area (Å²) in [5.41, 5.74) is 4.32. The Morgan fingerprint density at radius 1 is 1.03 bits per heavy atom. The van der Waals surface area contributed by atoms with Gasteiger partial charge in [-0.3, -0.25) is 14.6 Å². The third-order valence-corrected chi connectivity index (χ3v) is 5.19. The molecule has 0 saturated carbocycles. The molecule has 0 aliphatic rings. The van der Waals surface area contributed by atoms with E-state index in [0.29, 0.717) is 41.8 Å². The molecule has 0 fully saturated rings. The maximum atomic E-state index is 12.6. The number of hydrogen-bond donors (Lipinski definition) is 2. The number of fused-ring (bicyclic) bond motifs is 1. The summed E-state index contributed by atoms with van der Waals surface area (Å²) in [6.07, 6.45) is -1.41. The number of alkyl halides is 3. The zero-order chi connectivity index (χ0) is 23.4. The summed E-state index contributed by atoms with van der Waals surface area (Å²) in [5, 5.41) is 8.84. The van der Waals surface area contributed by atoms with E-state index in [2.05, 4.69) is 4.98 Å². The number of rotatable bonds is 7. The number of amides is 1. The van der Waals surface area contributed by atoms with Crippen LogP contribution in [0.1, 0.15) is 27.9 Å². The lowest BCUT2D eigenvalue weighted by molar-refractivity contribution is -0.137. The summed E-state index contributed by atoms with van der Waals surface area (Å²) in [7, 11) is 0. The molecule has 1 aromatic heterocycles. The number of hydroxylamine groups is 1. The first-order valence-electron chi connectivity index (χ1n) is 10.2. The smallest absolute Gasteiger partial charge is 0.416 e. The molecule has 33 heavy (non-hydrogen) atoms. The molecular formula is C24H20F3N3O3. The van der Waals surface area contributed by atoms with Crippen molar-refractivity contribution in [1.82, 2.24) is 15.0 Å². The van der Waals surface area contributed by atoms with Gasteiger partial charge in [-0.15, -0.1) is 0 Å². The van der Waals surface area contributed by atoms with Gasteiger partial charge in [0.1, 0.15) is 12.1 Å². The first-order valence-corrected chi connectivity index (χ1v) is 10.2. The number of carbonyl (C=O) groups excluding carboxylic acids is 1. The van der Waals surface area contributed by atoms with Crippen LogP contribution in [0.5, 0.6) is 5.75 Å². The fraction of sp³-hybridized carbons (Fsp3) is 0.167. The minimum absolute atomic E-state index is 0.305. The predicted octanol–water partition coefficient (Wildman–Crippen LogP) is 5.17. The Kier molecular flexibility index (Phi) is 6.32. The van der Waals surface area contributed by atoms with E-state index < -0.39 is 17.6 Å². The van der Waals surface area contributed by atoms with Crippen molar-refractivity contribution in [2.45, 2.75) is 19.0 Å². The third-order valence-electron chi connectivity index (χ3n) is 5.19. The average molecular weight is 455 g/mol. The van der Waals surface area contributed by atoms with Gasteiger partial charge in [0.2, 0.25) is 0 Å². The monoisotopic (exact) mass is 455 g/mol. The quantitative estimate of drug-likeness (QED) is 0.229. The van der Waals surface area contributed by atoms with Crippen LogP contribution in [0.4, 0.5) is 13.2 Å². The number of carbonyl (C=O) groups is 1. The van der Waals surface area contributed by atoms with Gasteiger partial charge in [-0.1, -0.05) is 12.1 Å². The molecule has 0 spiro atoms. The second-order valence-corrected chi connectivity index (χ2v) is 7.40. The van der Waals surface area contributed by atoms with Crippen LogP contribution in [-0.4, -0.2) is 27.3 Å². The van der Waals surface area contributed by atoms with Crippen molar-refractivity contribution in [3.05, 3.63) is 89.7 Å². The molecule has 0 bridgehead atoms. The Morgan fingerprint density at radius 2 is 1.76 bits per heavy atom. The third kappa shape index (κ3) is 5.15. The topological polar surface area (TPSA) is 76.4 Å². The minimum atomic E-state index is -4.33. The van der Waals surface area contributed by atoms with Gasteiger partial charge in [0.25, 0.3) is 5.91 Å². The number of nitrogens with zero attached hydrogens (tertiary/aromatic N) is 2. The zero-order valence-corrected chi connectivity index (χ0v) is 17.3. The zero-order valence-electron chi connectivity index (χ0n) is 17.3. The van der Waals surface area contributed by atoms with Crippen LogP contribution in [0.25, 0.3) is 16.7 Å². The molecule has 1 amide bonds. The highest BCUT2D eigenvalue weighted by molar-refractivity contribution is 5.96. The first kappa shape index (κ1) is 22.3. The average Bonchev–Trinajstić information content (AvgIpc) is 3.25. The van der Waals surface area contributed by atoms with Gasteiger partial charge in [0.05, 0.1) is 23.2 Å². The van der Waals surface area contributed by atoms with Crippen molar-refractivity contribution in [3.8, 4) is 11.4 Å². The molecule has 0 atom stereocenters. The first-order chi connectivity index (χ1) is 15.8. The van der Waals surface area contributed by atoms with Crippen molar-refractivity contribution >= 4 is 16.9 Å². The fourth-order valence-corrected chi connectivity index (χ4v) is 3.45. The Morgan fingerprint density at radius 3 is 2.42 bits per heavy atom. The molecule has 0 radical (unpaired) electrons. The van der Waals surface area contributed by atoms with E-state index in [-0.39, 0.29) is 0 Å². The van der Waals surface area contributed by atoms with Crippen molar-refractivity contribution in [1.29, 1.82) is 0 Å². The van der Waals surface area contributed by atoms with Gasteiger partial charge in [0.15, 0.2) is 0 Å². The minimum Gasteiger partial charge on any atom is -0.494 e. The van der Waals surface area contributed by atoms with Crippen LogP contribution >= 0.6 is 0 Å². The molecule has 6 nitrogen and oxygen atoms in total. The number of imidazole rings is 1. The van der Waals surface area contributed by atoms with Crippen LogP contribution in [0.15, 0.2) is 73.1 Å². The standard InChI is InChI=1S/C24H20F3N3O3/c25-24(26,27)18-6-3-16(4-7-18)2-1-13-33-20-10-8-19(9-11-20)30-15-28-21-12-5-17(14-22(21)30)23(31)29-32/h3-12,14-15,32H,1-2,13H2,(H,29,31). The molecule has 170 valence electrons. The summed E-state index contributed by atoms with van der Waals surface area (Å²) < 4.78 is 45.4. The van der Waals surface area contributed by atoms with Crippen LogP contribution < -0.4 is 10.2 Å². The van der Waals surface area contributed by atoms with Crippen molar-refractivity contribution in [3.63, 3.8) is 0 Å². The van der Waals surface area contributed by atoms with Gasteiger partial charge in [0, 0.05) is 11.3 Å². The van der Waals surface area contributed by atoms with Crippen molar-refractivity contribution in [2.75, 3.05) is 6.61 Å². The van der Waals surface area contributed by atoms with E-state index in [1.807, 2.05) is 28.8 Å². The maximum Gasteiger partial charge on any atom is 0.416 e. The van der Waals surface area contributed by atoms with E-state index in [1.54, 1.807) is 30.0 Å². The maximum absolute atomic E-state index is 12.6.